The Kier molecular flexibility index (Phi) is 2.30. The van der Waals surface area contributed by atoms with E-state index in [1.165, 1.54) is 0 Å². The van der Waals surface area contributed by atoms with E-state index >= 15 is 0 Å². The molecule has 4 nitrogen and oxygen atoms in total. The molecule has 1 aromatic rings. The van der Waals surface area contributed by atoms with Crippen LogP contribution >= 0.6 is 12.2 Å². The van der Waals surface area contributed by atoms with E-state index in [9.17, 15) is 4.79 Å². The summed E-state index contributed by atoms with van der Waals surface area (Å²) in [6.45, 7) is 5.36. The minimum Gasteiger partial charge on any atom is -0.368 e. The molecule has 0 aliphatic heterocycles. The zero-order chi connectivity index (χ0) is 10.2. The number of rotatable bonds is 2. The third-order valence-electron chi connectivity index (χ3n) is 2.12. The van der Waals surface area contributed by atoms with Crippen LogP contribution in [0.2, 0.25) is 0 Å². The Bertz CT molecular complexity index is 388. The van der Waals surface area contributed by atoms with Crippen molar-refractivity contribution in [2.75, 3.05) is 0 Å². The van der Waals surface area contributed by atoms with Gasteiger partial charge in [0.05, 0.1) is 0 Å². The molecule has 72 valence electrons. The number of nitrogens with two attached hydrogens (primary N) is 1. The van der Waals surface area contributed by atoms with Crippen LogP contribution in [-0.4, -0.2) is 15.5 Å². The van der Waals surface area contributed by atoms with Gasteiger partial charge in [-0.2, -0.15) is 0 Å². The predicted octanol–water partition coefficient (Wildman–Crippen LogP) is 1.07. The summed E-state index contributed by atoms with van der Waals surface area (Å²) >= 11 is 5.04. The van der Waals surface area contributed by atoms with Crippen LogP contribution in [0.5, 0.6) is 0 Å². The maximum atomic E-state index is 11.2. The first-order chi connectivity index (χ1) is 5.87. The number of carbonyl (C=O) groups excluding carboxylic acids is 1. The van der Waals surface area contributed by atoms with E-state index in [4.69, 9.17) is 18.0 Å². The number of primary amides is 1. The predicted molar refractivity (Wildman–Crippen MR) is 52.9 cm³/mol. The van der Waals surface area contributed by atoms with Crippen LogP contribution in [-0.2, 0) is 10.3 Å². The fourth-order valence-electron chi connectivity index (χ4n) is 1.26. The van der Waals surface area contributed by atoms with Gasteiger partial charge in [0.2, 0.25) is 5.91 Å². The maximum absolute atomic E-state index is 11.2. The smallest absolute Gasteiger partial charge is 0.243 e. The summed E-state index contributed by atoms with van der Waals surface area (Å²) in [7, 11) is 0. The van der Waals surface area contributed by atoms with E-state index < -0.39 is 11.4 Å². The monoisotopic (exact) mass is 199 g/mol. The largest absolute Gasteiger partial charge is 0.368 e. The number of aromatic nitrogens is 2. The standard InChI is InChI=1S/C8H13N3OS/c1-5-4-10-7(13)11(5)8(2,3)6(9)12/h4H,1-3H3,(H2,9,12)(H,10,13). The van der Waals surface area contributed by atoms with Crippen molar-refractivity contribution in [3.8, 4) is 0 Å². The van der Waals surface area contributed by atoms with Crippen LogP contribution < -0.4 is 5.73 Å². The molecule has 0 saturated carbocycles. The molecule has 0 aliphatic rings. The van der Waals surface area contributed by atoms with Crippen molar-refractivity contribution in [1.29, 1.82) is 0 Å². The second-order valence-corrected chi connectivity index (χ2v) is 3.88. The van der Waals surface area contributed by atoms with Crippen LogP contribution in [0.4, 0.5) is 0 Å². The number of hydrogen-bond donors (Lipinski definition) is 2. The second kappa shape index (κ2) is 2.99. The number of nitrogens with one attached hydrogen (secondary N) is 1. The third kappa shape index (κ3) is 1.51. The molecule has 0 fully saturated rings. The summed E-state index contributed by atoms with van der Waals surface area (Å²) < 4.78 is 2.23. The van der Waals surface area contributed by atoms with Gasteiger partial charge in [0.1, 0.15) is 5.54 Å². The maximum Gasteiger partial charge on any atom is 0.243 e. The van der Waals surface area contributed by atoms with E-state index in [-0.39, 0.29) is 0 Å². The van der Waals surface area contributed by atoms with E-state index in [2.05, 4.69) is 4.98 Å². The molecule has 1 heterocycles. The fourth-order valence-corrected chi connectivity index (χ4v) is 1.69. The van der Waals surface area contributed by atoms with Gasteiger partial charge in [-0.05, 0) is 33.0 Å². The molecule has 3 N–H and O–H groups in total. The molecule has 5 heteroatoms. The highest BCUT2D eigenvalue weighted by Gasteiger charge is 2.28. The van der Waals surface area contributed by atoms with Gasteiger partial charge in [-0.25, -0.2) is 0 Å². The Labute approximate surface area is 81.8 Å². The summed E-state index contributed by atoms with van der Waals surface area (Å²) in [6.07, 6.45) is 1.76. The van der Waals surface area contributed by atoms with Crippen LogP contribution in [0.25, 0.3) is 0 Å². The number of aromatic amines is 1. The molecule has 1 amide bonds. The lowest BCUT2D eigenvalue weighted by Crippen LogP contribution is -2.41. The molecule has 0 aromatic carbocycles. The fraction of sp³-hybridized carbons (Fsp3) is 0.500. The molecule has 0 aliphatic carbocycles. The van der Waals surface area contributed by atoms with Crippen LogP contribution in [0.15, 0.2) is 6.20 Å². The first kappa shape index (κ1) is 9.98. The number of carbonyl (C=O) groups is 1. The van der Waals surface area contributed by atoms with E-state index in [0.717, 1.165) is 5.69 Å². The molecular formula is C8H13N3OS. The molecule has 0 atom stereocenters. The lowest BCUT2D eigenvalue weighted by atomic mass is 10.0. The van der Waals surface area contributed by atoms with Gasteiger partial charge in [-0.3, -0.25) is 4.79 Å². The summed E-state index contributed by atoms with van der Waals surface area (Å²) in [4.78, 5) is 14.0. The quantitative estimate of drug-likeness (QED) is 0.700. The van der Waals surface area contributed by atoms with Crippen LogP contribution in [0.1, 0.15) is 19.5 Å². The Morgan fingerprint density at radius 2 is 2.23 bits per heavy atom. The number of imidazole rings is 1. The van der Waals surface area contributed by atoms with Gasteiger partial charge < -0.3 is 15.3 Å². The van der Waals surface area contributed by atoms with Crippen molar-refractivity contribution in [1.82, 2.24) is 9.55 Å². The molecule has 1 aromatic heterocycles. The zero-order valence-corrected chi connectivity index (χ0v) is 8.73. The zero-order valence-electron chi connectivity index (χ0n) is 7.92. The van der Waals surface area contributed by atoms with Crippen molar-refractivity contribution in [2.45, 2.75) is 26.3 Å². The Morgan fingerprint density at radius 3 is 2.54 bits per heavy atom. The van der Waals surface area contributed by atoms with Gasteiger partial charge in [0, 0.05) is 11.9 Å². The van der Waals surface area contributed by atoms with Gasteiger partial charge in [0.15, 0.2) is 4.77 Å². The van der Waals surface area contributed by atoms with E-state index in [1.54, 1.807) is 24.6 Å². The second-order valence-electron chi connectivity index (χ2n) is 3.49. The lowest BCUT2D eigenvalue weighted by Gasteiger charge is -2.23. The lowest BCUT2D eigenvalue weighted by molar-refractivity contribution is -0.125. The summed E-state index contributed by atoms with van der Waals surface area (Å²) in [5.74, 6) is -0.397. The van der Waals surface area contributed by atoms with Crippen molar-refractivity contribution in [3.63, 3.8) is 0 Å². The topological polar surface area (TPSA) is 63.8 Å². The summed E-state index contributed by atoms with van der Waals surface area (Å²) in [5, 5.41) is 0. The molecule has 13 heavy (non-hydrogen) atoms. The minimum atomic E-state index is -0.777. The SMILES string of the molecule is Cc1c[nH]c(=S)n1C(C)(C)C(N)=O. The van der Waals surface area contributed by atoms with Gasteiger partial charge >= 0.3 is 0 Å². The van der Waals surface area contributed by atoms with Gasteiger partial charge in [-0.15, -0.1) is 0 Å². The third-order valence-corrected chi connectivity index (χ3v) is 2.42. The Hall–Kier alpha value is -1.10. The minimum absolute atomic E-state index is 0.397. The number of amides is 1. The van der Waals surface area contributed by atoms with Crippen LogP contribution in [0.3, 0.4) is 0 Å². The molecule has 0 saturated heterocycles. The molecule has 0 bridgehead atoms. The summed E-state index contributed by atoms with van der Waals surface area (Å²) in [5.41, 5.74) is 5.40. The molecule has 0 spiro atoms. The molecular weight excluding hydrogens is 186 g/mol. The molecule has 1 rings (SSSR count). The average Bonchev–Trinajstić information content (AvgIpc) is 2.30. The highest BCUT2D eigenvalue weighted by Crippen LogP contribution is 2.17. The van der Waals surface area contributed by atoms with E-state index in [0.29, 0.717) is 4.77 Å². The van der Waals surface area contributed by atoms with Crippen molar-refractivity contribution < 1.29 is 4.79 Å². The van der Waals surface area contributed by atoms with Crippen molar-refractivity contribution >= 4 is 18.1 Å². The number of hydrogen-bond acceptors (Lipinski definition) is 2. The highest BCUT2D eigenvalue weighted by molar-refractivity contribution is 7.71. The first-order valence-electron chi connectivity index (χ1n) is 3.95. The average molecular weight is 199 g/mol. The number of nitrogens with zero attached hydrogens (tertiary/aromatic N) is 1. The van der Waals surface area contributed by atoms with Crippen molar-refractivity contribution in [2.24, 2.45) is 5.73 Å². The van der Waals surface area contributed by atoms with Gasteiger partial charge in [-0.1, -0.05) is 0 Å². The molecule has 0 unspecified atom stereocenters. The number of H-pyrrole nitrogens is 1. The summed E-state index contributed by atoms with van der Waals surface area (Å²) in [6, 6.07) is 0. The van der Waals surface area contributed by atoms with Gasteiger partial charge in [0.25, 0.3) is 0 Å². The van der Waals surface area contributed by atoms with Crippen LogP contribution in [0, 0.1) is 11.7 Å². The number of aryl methyl sites for hydroxylation is 1. The van der Waals surface area contributed by atoms with Crippen molar-refractivity contribution in [3.05, 3.63) is 16.7 Å². The molecule has 0 radical (unpaired) electrons. The Balaban J connectivity index is 3.37. The highest BCUT2D eigenvalue weighted by atomic mass is 32.1. The van der Waals surface area contributed by atoms with E-state index in [1.807, 2.05) is 6.92 Å². The first-order valence-corrected chi connectivity index (χ1v) is 4.35. The Morgan fingerprint density at radius 1 is 1.69 bits per heavy atom. The normalized spacial score (nSPS) is 11.6.